The summed E-state index contributed by atoms with van der Waals surface area (Å²) in [5, 5.41) is 0. The SMILES string of the molecule is Cc1ccc(S(=O)(=O)N[C@H](c2ccc(F)cc2)[C@@H]2CCc3ccccc3C2=O)cc1. The maximum Gasteiger partial charge on any atom is 0.241 e. The van der Waals surface area contributed by atoms with Crippen LogP contribution in [0.4, 0.5) is 4.39 Å². The molecule has 0 saturated carbocycles. The van der Waals surface area contributed by atoms with Crippen LogP contribution >= 0.6 is 0 Å². The van der Waals surface area contributed by atoms with Crippen molar-refractivity contribution in [3.8, 4) is 0 Å². The maximum absolute atomic E-state index is 13.5. The summed E-state index contributed by atoms with van der Waals surface area (Å²) < 4.78 is 42.4. The lowest BCUT2D eigenvalue weighted by atomic mass is 9.77. The lowest BCUT2D eigenvalue weighted by molar-refractivity contribution is 0.0875. The van der Waals surface area contributed by atoms with Crippen molar-refractivity contribution in [1.29, 1.82) is 0 Å². The number of aryl methyl sites for hydroxylation is 2. The van der Waals surface area contributed by atoms with Gasteiger partial charge in [0.25, 0.3) is 0 Å². The van der Waals surface area contributed by atoms with Crippen LogP contribution in [0.3, 0.4) is 0 Å². The highest BCUT2D eigenvalue weighted by atomic mass is 32.2. The van der Waals surface area contributed by atoms with Crippen LogP contribution < -0.4 is 4.72 Å². The Balaban J connectivity index is 1.73. The zero-order chi connectivity index (χ0) is 21.3. The van der Waals surface area contributed by atoms with Gasteiger partial charge in [0.2, 0.25) is 10.0 Å². The van der Waals surface area contributed by atoms with Gasteiger partial charge in [-0.25, -0.2) is 17.5 Å². The van der Waals surface area contributed by atoms with Crippen molar-refractivity contribution in [3.63, 3.8) is 0 Å². The Labute approximate surface area is 175 Å². The van der Waals surface area contributed by atoms with Gasteiger partial charge in [-0.3, -0.25) is 4.79 Å². The quantitative estimate of drug-likeness (QED) is 0.652. The first-order chi connectivity index (χ1) is 14.3. The summed E-state index contributed by atoms with van der Waals surface area (Å²) in [5.41, 5.74) is 3.10. The molecule has 0 fully saturated rings. The monoisotopic (exact) mass is 423 g/mol. The summed E-state index contributed by atoms with van der Waals surface area (Å²) in [4.78, 5) is 13.4. The van der Waals surface area contributed by atoms with Crippen LogP contribution in [-0.4, -0.2) is 14.2 Å². The second-order valence-corrected chi connectivity index (χ2v) is 9.34. The maximum atomic E-state index is 13.5. The average molecular weight is 424 g/mol. The number of hydrogen-bond acceptors (Lipinski definition) is 3. The summed E-state index contributed by atoms with van der Waals surface area (Å²) in [7, 11) is -3.88. The molecule has 0 spiro atoms. The van der Waals surface area contributed by atoms with E-state index in [9.17, 15) is 17.6 Å². The number of Topliss-reactive ketones (excluding diaryl/α,β-unsaturated/α-hetero) is 1. The molecule has 4 rings (SSSR count). The minimum Gasteiger partial charge on any atom is -0.294 e. The number of ketones is 1. The van der Waals surface area contributed by atoms with Gasteiger partial charge in [-0.15, -0.1) is 0 Å². The number of benzene rings is 3. The Bertz CT molecular complexity index is 1170. The highest BCUT2D eigenvalue weighted by Crippen LogP contribution is 2.35. The van der Waals surface area contributed by atoms with E-state index in [0.717, 1.165) is 11.1 Å². The van der Waals surface area contributed by atoms with Crippen molar-refractivity contribution in [2.75, 3.05) is 0 Å². The lowest BCUT2D eigenvalue weighted by Gasteiger charge is -2.31. The Morgan fingerprint density at radius 3 is 2.33 bits per heavy atom. The van der Waals surface area contributed by atoms with E-state index in [1.807, 2.05) is 25.1 Å². The van der Waals surface area contributed by atoms with Crippen LogP contribution in [0, 0.1) is 18.7 Å². The van der Waals surface area contributed by atoms with Crippen LogP contribution in [0.15, 0.2) is 77.7 Å². The van der Waals surface area contributed by atoms with Crippen molar-refractivity contribution < 1.29 is 17.6 Å². The van der Waals surface area contributed by atoms with Gasteiger partial charge in [0.1, 0.15) is 5.82 Å². The first-order valence-corrected chi connectivity index (χ1v) is 11.3. The molecule has 3 aromatic rings. The van der Waals surface area contributed by atoms with Crippen LogP contribution in [0.2, 0.25) is 0 Å². The number of halogens is 1. The molecule has 2 atom stereocenters. The van der Waals surface area contributed by atoms with Gasteiger partial charge in [-0.1, -0.05) is 54.1 Å². The Morgan fingerprint density at radius 1 is 0.967 bits per heavy atom. The summed E-state index contributed by atoms with van der Waals surface area (Å²) in [6, 6.07) is 18.8. The zero-order valence-electron chi connectivity index (χ0n) is 16.5. The third-order valence-electron chi connectivity index (χ3n) is 5.59. The van der Waals surface area contributed by atoms with Gasteiger partial charge in [0.05, 0.1) is 10.9 Å². The molecule has 0 saturated heterocycles. The second-order valence-electron chi connectivity index (χ2n) is 7.63. The first-order valence-electron chi connectivity index (χ1n) is 9.82. The fourth-order valence-electron chi connectivity index (χ4n) is 3.94. The van der Waals surface area contributed by atoms with Crippen molar-refractivity contribution >= 4 is 15.8 Å². The van der Waals surface area contributed by atoms with Crippen molar-refractivity contribution in [2.24, 2.45) is 5.92 Å². The fourth-order valence-corrected chi connectivity index (χ4v) is 5.21. The molecule has 0 radical (unpaired) electrons. The van der Waals surface area contributed by atoms with Crippen LogP contribution in [0.25, 0.3) is 0 Å². The third kappa shape index (κ3) is 4.06. The summed E-state index contributed by atoms with van der Waals surface area (Å²) in [5.74, 6) is -1.09. The summed E-state index contributed by atoms with van der Waals surface area (Å²) in [6.07, 6.45) is 1.19. The minimum absolute atomic E-state index is 0.0993. The van der Waals surface area contributed by atoms with Crippen molar-refractivity contribution in [2.45, 2.75) is 30.7 Å². The highest BCUT2D eigenvalue weighted by molar-refractivity contribution is 7.89. The molecule has 154 valence electrons. The van der Waals surface area contributed by atoms with Gasteiger partial charge >= 0.3 is 0 Å². The largest absolute Gasteiger partial charge is 0.294 e. The third-order valence-corrected chi connectivity index (χ3v) is 7.05. The van der Waals surface area contributed by atoms with E-state index in [2.05, 4.69) is 4.72 Å². The minimum atomic E-state index is -3.88. The molecule has 0 unspecified atom stereocenters. The molecule has 0 heterocycles. The Morgan fingerprint density at radius 2 is 1.63 bits per heavy atom. The van der Waals surface area contributed by atoms with Crippen molar-refractivity contribution in [3.05, 3.63) is 101 Å². The normalized spacial score (nSPS) is 17.4. The Kier molecular flexibility index (Phi) is 5.54. The smallest absolute Gasteiger partial charge is 0.241 e. The summed E-state index contributed by atoms with van der Waals surface area (Å²) >= 11 is 0. The first kappa shape index (κ1) is 20.4. The number of rotatable bonds is 5. The molecule has 0 aliphatic heterocycles. The number of nitrogens with one attached hydrogen (secondary N) is 1. The van der Waals surface area contributed by atoms with Gasteiger partial charge in [0, 0.05) is 11.5 Å². The van der Waals surface area contributed by atoms with Gasteiger partial charge < -0.3 is 0 Å². The summed E-state index contributed by atoms with van der Waals surface area (Å²) in [6.45, 7) is 1.88. The topological polar surface area (TPSA) is 63.2 Å². The van der Waals surface area contributed by atoms with Gasteiger partial charge in [-0.2, -0.15) is 0 Å². The van der Waals surface area contributed by atoms with Crippen LogP contribution in [0.1, 0.15) is 39.5 Å². The molecule has 1 N–H and O–H groups in total. The van der Waals surface area contributed by atoms with Gasteiger partial charge in [-0.05, 0) is 55.2 Å². The lowest BCUT2D eigenvalue weighted by Crippen LogP contribution is -2.39. The fraction of sp³-hybridized carbons (Fsp3) is 0.208. The molecule has 1 aliphatic carbocycles. The molecule has 30 heavy (non-hydrogen) atoms. The predicted molar refractivity (Wildman–Crippen MR) is 113 cm³/mol. The molecular weight excluding hydrogens is 401 g/mol. The number of carbonyl (C=O) groups is 1. The predicted octanol–water partition coefficient (Wildman–Crippen LogP) is 4.60. The molecule has 0 amide bonds. The number of sulfonamides is 1. The van der Waals surface area contributed by atoms with Crippen LogP contribution in [0.5, 0.6) is 0 Å². The van der Waals surface area contributed by atoms with E-state index in [-0.39, 0.29) is 10.7 Å². The number of hydrogen-bond donors (Lipinski definition) is 1. The second kappa shape index (κ2) is 8.13. The van der Waals surface area contributed by atoms with E-state index in [1.165, 1.54) is 36.4 Å². The number of carbonyl (C=O) groups excluding carboxylic acids is 1. The molecule has 6 heteroatoms. The molecule has 0 aromatic heterocycles. The molecule has 4 nitrogen and oxygen atoms in total. The molecule has 3 aromatic carbocycles. The molecule has 0 bridgehead atoms. The molecular formula is C24H22FNO3S. The van der Waals surface area contributed by atoms with Crippen LogP contribution in [-0.2, 0) is 16.4 Å². The van der Waals surface area contributed by atoms with E-state index >= 15 is 0 Å². The molecule has 1 aliphatic rings. The van der Waals surface area contributed by atoms with E-state index in [0.29, 0.717) is 24.0 Å². The van der Waals surface area contributed by atoms with E-state index in [4.69, 9.17) is 0 Å². The van der Waals surface area contributed by atoms with E-state index < -0.39 is 27.8 Å². The average Bonchev–Trinajstić information content (AvgIpc) is 2.74. The standard InChI is InChI=1S/C24H22FNO3S/c1-16-6-13-20(14-7-16)30(28,29)26-23(18-8-11-19(25)12-9-18)22-15-10-17-4-2-3-5-21(17)24(22)27/h2-9,11-14,22-23,26H,10,15H2,1H3/t22-,23+/m0/s1. The Hall–Kier alpha value is -2.83. The highest BCUT2D eigenvalue weighted by Gasteiger charge is 2.36. The van der Waals surface area contributed by atoms with Gasteiger partial charge in [0.15, 0.2) is 5.78 Å². The van der Waals surface area contributed by atoms with E-state index in [1.54, 1.807) is 18.2 Å². The number of fused-ring (bicyclic) bond motifs is 1. The zero-order valence-corrected chi connectivity index (χ0v) is 17.3. The van der Waals surface area contributed by atoms with Crippen molar-refractivity contribution in [1.82, 2.24) is 4.72 Å².